The van der Waals surface area contributed by atoms with Crippen LogP contribution < -0.4 is 0 Å². The number of hydrogen-bond acceptors (Lipinski definition) is 3. The molecule has 0 heterocycles. The normalized spacial score (nSPS) is 10.4. The third-order valence-electron chi connectivity index (χ3n) is 3.32. The molecule has 1 amide bonds. The summed E-state index contributed by atoms with van der Waals surface area (Å²) in [6, 6.07) is 9.48. The van der Waals surface area contributed by atoms with Crippen LogP contribution in [0.1, 0.15) is 17.3 Å². The summed E-state index contributed by atoms with van der Waals surface area (Å²) in [6.07, 6.45) is 0. The van der Waals surface area contributed by atoms with E-state index >= 15 is 0 Å². The van der Waals surface area contributed by atoms with Crippen LogP contribution in [0.5, 0.6) is 0 Å². The van der Waals surface area contributed by atoms with Crippen LogP contribution in [-0.2, 0) is 9.53 Å². The average Bonchev–Trinajstić information content (AvgIpc) is 2.52. The van der Waals surface area contributed by atoms with Crippen LogP contribution in [0.15, 0.2) is 36.4 Å². The zero-order chi connectivity index (χ0) is 15.4. The number of carbonyl (C=O) groups is 2. The lowest BCUT2D eigenvalue weighted by Crippen LogP contribution is -2.36. The van der Waals surface area contributed by atoms with Crippen LogP contribution in [0.25, 0.3) is 10.8 Å². The molecule has 2 aromatic rings. The highest BCUT2D eigenvalue weighted by Crippen LogP contribution is 2.23. The van der Waals surface area contributed by atoms with E-state index in [0.29, 0.717) is 22.9 Å². The largest absolute Gasteiger partial charge is 0.468 e. The Bertz CT molecular complexity index is 684. The maximum absolute atomic E-state index is 13.8. The highest BCUT2D eigenvalue weighted by Gasteiger charge is 2.20. The van der Waals surface area contributed by atoms with Crippen LogP contribution in [0, 0.1) is 5.82 Å². The third-order valence-corrected chi connectivity index (χ3v) is 3.32. The minimum absolute atomic E-state index is 0.127. The number of rotatable bonds is 4. The number of halogens is 1. The summed E-state index contributed by atoms with van der Waals surface area (Å²) in [4.78, 5) is 25.3. The van der Waals surface area contributed by atoms with Crippen molar-refractivity contribution in [3.63, 3.8) is 0 Å². The summed E-state index contributed by atoms with van der Waals surface area (Å²) in [7, 11) is 1.27. The molecule has 0 atom stereocenters. The zero-order valence-corrected chi connectivity index (χ0v) is 11.9. The van der Waals surface area contributed by atoms with Crippen molar-refractivity contribution >= 4 is 22.6 Å². The van der Waals surface area contributed by atoms with Gasteiger partial charge in [-0.05, 0) is 24.4 Å². The van der Waals surface area contributed by atoms with E-state index in [2.05, 4.69) is 4.74 Å². The lowest BCUT2D eigenvalue weighted by molar-refractivity contribution is -0.141. The highest BCUT2D eigenvalue weighted by molar-refractivity contribution is 6.07. The van der Waals surface area contributed by atoms with Crippen molar-refractivity contribution in [2.24, 2.45) is 0 Å². The number of esters is 1. The first-order valence-electron chi connectivity index (χ1n) is 6.61. The molecule has 0 unspecified atom stereocenters. The van der Waals surface area contributed by atoms with Crippen molar-refractivity contribution in [2.45, 2.75) is 6.92 Å². The van der Waals surface area contributed by atoms with Crippen molar-refractivity contribution in [1.82, 2.24) is 4.90 Å². The Balaban J connectivity index is 2.43. The van der Waals surface area contributed by atoms with Gasteiger partial charge in [-0.1, -0.05) is 24.3 Å². The molecule has 0 fully saturated rings. The molecule has 21 heavy (non-hydrogen) atoms. The SMILES string of the molecule is CCN(CC(=O)OC)C(=O)c1ccc(F)c2ccccc12. The van der Waals surface area contributed by atoms with E-state index in [9.17, 15) is 14.0 Å². The number of likely N-dealkylation sites (N-methyl/N-ethyl adjacent to an activating group) is 1. The summed E-state index contributed by atoms with van der Waals surface area (Å²) in [5, 5.41) is 0.920. The monoisotopic (exact) mass is 289 g/mol. The van der Waals surface area contributed by atoms with Crippen LogP contribution in [0.4, 0.5) is 4.39 Å². The van der Waals surface area contributed by atoms with Gasteiger partial charge in [0, 0.05) is 17.5 Å². The van der Waals surface area contributed by atoms with Crippen molar-refractivity contribution < 1.29 is 18.7 Å². The topological polar surface area (TPSA) is 46.6 Å². The van der Waals surface area contributed by atoms with Crippen molar-refractivity contribution in [1.29, 1.82) is 0 Å². The maximum atomic E-state index is 13.8. The number of nitrogens with zero attached hydrogens (tertiary/aromatic N) is 1. The Kier molecular flexibility index (Phi) is 4.52. The molecule has 0 saturated heterocycles. The molecule has 0 saturated carbocycles. The molecule has 4 nitrogen and oxygen atoms in total. The van der Waals surface area contributed by atoms with Gasteiger partial charge < -0.3 is 9.64 Å². The van der Waals surface area contributed by atoms with Crippen LogP contribution in [0.2, 0.25) is 0 Å². The van der Waals surface area contributed by atoms with Crippen LogP contribution in [-0.4, -0.2) is 37.0 Å². The van der Waals surface area contributed by atoms with Crippen LogP contribution in [0.3, 0.4) is 0 Å². The molecule has 0 aliphatic heterocycles. The Labute approximate surface area is 122 Å². The molecular formula is C16H16FNO3. The van der Waals surface area contributed by atoms with E-state index in [-0.39, 0.29) is 18.3 Å². The Morgan fingerprint density at radius 2 is 1.81 bits per heavy atom. The van der Waals surface area contributed by atoms with E-state index in [1.165, 1.54) is 24.1 Å². The number of hydrogen-bond donors (Lipinski definition) is 0. The fourth-order valence-corrected chi connectivity index (χ4v) is 2.17. The second-order valence-corrected chi connectivity index (χ2v) is 4.54. The molecule has 0 aliphatic rings. The summed E-state index contributed by atoms with van der Waals surface area (Å²) in [6.45, 7) is 2.00. The molecule has 2 rings (SSSR count). The van der Waals surface area contributed by atoms with E-state index in [0.717, 1.165) is 0 Å². The second-order valence-electron chi connectivity index (χ2n) is 4.54. The average molecular weight is 289 g/mol. The second kappa shape index (κ2) is 6.35. The number of amides is 1. The minimum Gasteiger partial charge on any atom is -0.468 e. The molecule has 0 bridgehead atoms. The summed E-state index contributed by atoms with van der Waals surface area (Å²) in [5.74, 6) is -1.19. The van der Waals surface area contributed by atoms with Gasteiger partial charge in [-0.25, -0.2) is 4.39 Å². The summed E-state index contributed by atoms with van der Waals surface area (Å²) in [5.41, 5.74) is 0.373. The molecule has 0 radical (unpaired) electrons. The third kappa shape index (κ3) is 3.02. The van der Waals surface area contributed by atoms with E-state index < -0.39 is 5.97 Å². The minimum atomic E-state index is -0.489. The molecule has 110 valence electrons. The predicted molar refractivity (Wildman–Crippen MR) is 77.5 cm³/mol. The van der Waals surface area contributed by atoms with Gasteiger partial charge in [-0.2, -0.15) is 0 Å². The zero-order valence-electron chi connectivity index (χ0n) is 11.9. The van der Waals surface area contributed by atoms with Gasteiger partial charge in [-0.3, -0.25) is 9.59 Å². The first kappa shape index (κ1) is 15.0. The predicted octanol–water partition coefficient (Wildman–Crippen LogP) is 2.61. The maximum Gasteiger partial charge on any atom is 0.325 e. The number of fused-ring (bicyclic) bond motifs is 1. The Morgan fingerprint density at radius 1 is 1.14 bits per heavy atom. The fourth-order valence-electron chi connectivity index (χ4n) is 2.17. The van der Waals surface area contributed by atoms with Crippen molar-refractivity contribution in [2.75, 3.05) is 20.2 Å². The quantitative estimate of drug-likeness (QED) is 0.813. The summed E-state index contributed by atoms with van der Waals surface area (Å²) >= 11 is 0. The number of carbonyl (C=O) groups excluding carboxylic acids is 2. The lowest BCUT2D eigenvalue weighted by Gasteiger charge is -2.20. The molecule has 5 heteroatoms. The van der Waals surface area contributed by atoms with Gasteiger partial charge in [0.1, 0.15) is 12.4 Å². The molecule has 0 spiro atoms. The number of ether oxygens (including phenoxy) is 1. The van der Waals surface area contributed by atoms with E-state index in [1.54, 1.807) is 31.2 Å². The van der Waals surface area contributed by atoms with Crippen LogP contribution >= 0.6 is 0 Å². The first-order valence-corrected chi connectivity index (χ1v) is 6.61. The van der Waals surface area contributed by atoms with Crippen molar-refractivity contribution in [3.8, 4) is 0 Å². The van der Waals surface area contributed by atoms with Gasteiger partial charge >= 0.3 is 5.97 Å². The van der Waals surface area contributed by atoms with E-state index in [1.807, 2.05) is 0 Å². The van der Waals surface area contributed by atoms with E-state index in [4.69, 9.17) is 0 Å². The van der Waals surface area contributed by atoms with Crippen molar-refractivity contribution in [3.05, 3.63) is 47.8 Å². The molecular weight excluding hydrogens is 273 g/mol. The summed E-state index contributed by atoms with van der Waals surface area (Å²) < 4.78 is 18.4. The van der Waals surface area contributed by atoms with Gasteiger partial charge in [0.2, 0.25) is 0 Å². The molecule has 0 N–H and O–H groups in total. The Hall–Kier alpha value is -2.43. The smallest absolute Gasteiger partial charge is 0.325 e. The number of benzene rings is 2. The fraction of sp³-hybridized carbons (Fsp3) is 0.250. The molecule has 0 aliphatic carbocycles. The molecule has 0 aromatic heterocycles. The van der Waals surface area contributed by atoms with Gasteiger partial charge in [0.05, 0.1) is 7.11 Å². The standard InChI is InChI=1S/C16H16FNO3/c1-3-18(10-15(19)21-2)16(20)13-8-9-14(17)12-7-5-4-6-11(12)13/h4-9H,3,10H2,1-2H3. The van der Waals surface area contributed by atoms with Gasteiger partial charge in [-0.15, -0.1) is 0 Å². The first-order chi connectivity index (χ1) is 10.1. The Morgan fingerprint density at radius 3 is 2.43 bits per heavy atom. The number of methoxy groups -OCH3 is 1. The molecule has 2 aromatic carbocycles. The lowest BCUT2D eigenvalue weighted by atomic mass is 10.0. The highest BCUT2D eigenvalue weighted by atomic mass is 19.1. The van der Waals surface area contributed by atoms with Gasteiger partial charge in [0.25, 0.3) is 5.91 Å². The van der Waals surface area contributed by atoms with Gasteiger partial charge in [0.15, 0.2) is 0 Å².